The van der Waals surface area contributed by atoms with Gasteiger partial charge in [-0.1, -0.05) is 32.6 Å². The monoisotopic (exact) mass is 268 g/mol. The third kappa shape index (κ3) is 3.50. The fourth-order valence-electron chi connectivity index (χ4n) is 3.92. The Hall–Kier alpha value is -0.120. The Labute approximate surface area is 118 Å². The molecule has 2 N–H and O–H groups in total. The summed E-state index contributed by atoms with van der Waals surface area (Å²) in [6.07, 6.45) is 9.38. The molecule has 3 nitrogen and oxygen atoms in total. The van der Waals surface area contributed by atoms with Crippen LogP contribution in [0.5, 0.6) is 0 Å². The average Bonchev–Trinajstić information content (AvgIpc) is 2.75. The second-order valence-electron chi connectivity index (χ2n) is 6.59. The van der Waals surface area contributed by atoms with Gasteiger partial charge in [0.1, 0.15) is 0 Å². The van der Waals surface area contributed by atoms with Gasteiger partial charge < -0.3 is 10.5 Å². The van der Waals surface area contributed by atoms with Crippen LogP contribution in [-0.2, 0) is 4.74 Å². The molecule has 0 aromatic rings. The summed E-state index contributed by atoms with van der Waals surface area (Å²) in [4.78, 5) is 2.59. The average molecular weight is 268 g/mol. The van der Waals surface area contributed by atoms with Crippen LogP contribution in [0, 0.1) is 5.92 Å². The van der Waals surface area contributed by atoms with E-state index in [1.807, 2.05) is 0 Å². The maximum atomic E-state index is 6.76. The SMILES string of the molecule is CCC(C)(C(N)C1CCCCCC1)N1CCOCC1. The number of rotatable bonds is 4. The lowest BCUT2D eigenvalue weighted by atomic mass is 9.77. The van der Waals surface area contributed by atoms with E-state index >= 15 is 0 Å². The second-order valence-corrected chi connectivity index (χ2v) is 6.59. The number of ether oxygens (including phenoxy) is 1. The number of morpholine rings is 1. The van der Waals surface area contributed by atoms with Crippen molar-refractivity contribution >= 4 is 0 Å². The quantitative estimate of drug-likeness (QED) is 0.797. The largest absolute Gasteiger partial charge is 0.379 e. The molecule has 0 bridgehead atoms. The Balaban J connectivity index is 2.04. The molecule has 1 aliphatic carbocycles. The summed E-state index contributed by atoms with van der Waals surface area (Å²) in [6.45, 7) is 8.51. The number of nitrogens with zero attached hydrogens (tertiary/aromatic N) is 1. The minimum atomic E-state index is 0.152. The summed E-state index contributed by atoms with van der Waals surface area (Å²) in [6, 6.07) is 0.314. The van der Waals surface area contributed by atoms with Crippen LogP contribution in [0.25, 0.3) is 0 Å². The van der Waals surface area contributed by atoms with Gasteiger partial charge in [-0.2, -0.15) is 0 Å². The highest BCUT2D eigenvalue weighted by Gasteiger charge is 2.40. The Kier molecular flexibility index (Phi) is 5.67. The standard InChI is InChI=1S/C16H32N2O/c1-3-16(2,18-10-12-19-13-11-18)15(17)14-8-6-4-5-7-9-14/h14-15H,3-13,17H2,1-2H3. The van der Waals surface area contributed by atoms with Crippen LogP contribution in [0.15, 0.2) is 0 Å². The van der Waals surface area contributed by atoms with Crippen molar-refractivity contribution in [1.82, 2.24) is 4.90 Å². The molecule has 1 heterocycles. The first-order chi connectivity index (χ1) is 9.18. The molecule has 19 heavy (non-hydrogen) atoms. The first-order valence-corrected chi connectivity index (χ1v) is 8.27. The summed E-state index contributed by atoms with van der Waals surface area (Å²) in [5.41, 5.74) is 6.91. The smallest absolute Gasteiger partial charge is 0.0594 e. The van der Waals surface area contributed by atoms with E-state index in [9.17, 15) is 0 Å². The molecule has 1 saturated heterocycles. The van der Waals surface area contributed by atoms with Gasteiger partial charge in [0.05, 0.1) is 13.2 Å². The Bertz CT molecular complexity index is 257. The van der Waals surface area contributed by atoms with Gasteiger partial charge in [-0.15, -0.1) is 0 Å². The maximum Gasteiger partial charge on any atom is 0.0594 e. The fraction of sp³-hybridized carbons (Fsp3) is 1.00. The van der Waals surface area contributed by atoms with Crippen molar-refractivity contribution < 1.29 is 4.74 Å². The Morgan fingerprint density at radius 1 is 1.16 bits per heavy atom. The zero-order valence-electron chi connectivity index (χ0n) is 12.9. The van der Waals surface area contributed by atoms with Crippen LogP contribution in [-0.4, -0.2) is 42.8 Å². The van der Waals surface area contributed by atoms with Crippen molar-refractivity contribution in [2.45, 2.75) is 70.4 Å². The number of hydrogen-bond donors (Lipinski definition) is 1. The maximum absolute atomic E-state index is 6.76. The molecule has 0 aromatic heterocycles. The lowest BCUT2D eigenvalue weighted by Gasteiger charge is -2.49. The lowest BCUT2D eigenvalue weighted by Crippen LogP contribution is -2.62. The van der Waals surface area contributed by atoms with E-state index in [1.54, 1.807) is 0 Å². The molecule has 112 valence electrons. The van der Waals surface area contributed by atoms with E-state index < -0.39 is 0 Å². The molecular weight excluding hydrogens is 236 g/mol. The molecule has 2 atom stereocenters. The second kappa shape index (κ2) is 7.05. The molecule has 0 aromatic carbocycles. The summed E-state index contributed by atoms with van der Waals surface area (Å²) in [7, 11) is 0. The highest BCUT2D eigenvalue weighted by Crippen LogP contribution is 2.34. The van der Waals surface area contributed by atoms with Gasteiger partial charge in [0.2, 0.25) is 0 Å². The fourth-order valence-corrected chi connectivity index (χ4v) is 3.92. The van der Waals surface area contributed by atoms with Crippen molar-refractivity contribution in [2.75, 3.05) is 26.3 Å². The normalized spacial score (nSPS) is 28.6. The van der Waals surface area contributed by atoms with Gasteiger partial charge in [0, 0.05) is 24.7 Å². The van der Waals surface area contributed by atoms with Crippen molar-refractivity contribution in [3.05, 3.63) is 0 Å². The van der Waals surface area contributed by atoms with Crippen LogP contribution in [0.4, 0.5) is 0 Å². The highest BCUT2D eigenvalue weighted by atomic mass is 16.5. The van der Waals surface area contributed by atoms with Gasteiger partial charge in [-0.3, -0.25) is 4.90 Å². The van der Waals surface area contributed by atoms with Crippen LogP contribution >= 0.6 is 0 Å². The lowest BCUT2D eigenvalue weighted by molar-refractivity contribution is -0.0357. The Morgan fingerprint density at radius 3 is 2.26 bits per heavy atom. The van der Waals surface area contributed by atoms with Crippen LogP contribution in [0.3, 0.4) is 0 Å². The molecule has 0 radical (unpaired) electrons. The van der Waals surface area contributed by atoms with Crippen molar-refractivity contribution in [3.63, 3.8) is 0 Å². The predicted molar refractivity (Wildman–Crippen MR) is 80.3 cm³/mol. The van der Waals surface area contributed by atoms with Crippen LogP contribution < -0.4 is 5.73 Å². The van der Waals surface area contributed by atoms with E-state index in [0.717, 1.165) is 38.6 Å². The summed E-state index contributed by atoms with van der Waals surface area (Å²) in [5, 5.41) is 0. The minimum Gasteiger partial charge on any atom is -0.379 e. The molecule has 0 amide bonds. The number of nitrogens with two attached hydrogens (primary N) is 1. The van der Waals surface area contributed by atoms with Crippen molar-refractivity contribution in [3.8, 4) is 0 Å². The molecule has 1 saturated carbocycles. The van der Waals surface area contributed by atoms with Crippen LogP contribution in [0.1, 0.15) is 58.8 Å². The van der Waals surface area contributed by atoms with Crippen molar-refractivity contribution in [1.29, 1.82) is 0 Å². The molecule has 0 spiro atoms. The first-order valence-electron chi connectivity index (χ1n) is 8.27. The van der Waals surface area contributed by atoms with Gasteiger partial charge in [0.15, 0.2) is 0 Å². The minimum absolute atomic E-state index is 0.152. The molecule has 3 heteroatoms. The Morgan fingerprint density at radius 2 is 1.74 bits per heavy atom. The van der Waals surface area contributed by atoms with Gasteiger partial charge in [-0.05, 0) is 32.1 Å². The summed E-state index contributed by atoms with van der Waals surface area (Å²) < 4.78 is 5.50. The highest BCUT2D eigenvalue weighted by molar-refractivity contribution is 4.98. The zero-order valence-corrected chi connectivity index (χ0v) is 12.9. The predicted octanol–water partition coefficient (Wildman–Crippen LogP) is 2.79. The van der Waals surface area contributed by atoms with E-state index in [4.69, 9.17) is 10.5 Å². The van der Waals surface area contributed by atoms with E-state index in [0.29, 0.717) is 6.04 Å². The topological polar surface area (TPSA) is 38.5 Å². The van der Waals surface area contributed by atoms with Gasteiger partial charge in [-0.25, -0.2) is 0 Å². The van der Waals surface area contributed by atoms with Crippen molar-refractivity contribution in [2.24, 2.45) is 11.7 Å². The van der Waals surface area contributed by atoms with E-state index in [1.165, 1.54) is 38.5 Å². The molecule has 2 fully saturated rings. The zero-order chi connectivity index (χ0) is 13.7. The first kappa shape index (κ1) is 15.3. The summed E-state index contributed by atoms with van der Waals surface area (Å²) >= 11 is 0. The molecule has 2 unspecified atom stereocenters. The van der Waals surface area contributed by atoms with Gasteiger partial charge in [0.25, 0.3) is 0 Å². The van der Waals surface area contributed by atoms with E-state index in [2.05, 4.69) is 18.7 Å². The number of hydrogen-bond acceptors (Lipinski definition) is 3. The third-order valence-electron chi connectivity index (χ3n) is 5.58. The third-order valence-corrected chi connectivity index (χ3v) is 5.58. The molecular formula is C16H32N2O. The van der Waals surface area contributed by atoms with Gasteiger partial charge >= 0.3 is 0 Å². The molecule has 2 aliphatic rings. The molecule has 1 aliphatic heterocycles. The molecule has 2 rings (SSSR count). The van der Waals surface area contributed by atoms with E-state index in [-0.39, 0.29) is 5.54 Å². The summed E-state index contributed by atoms with van der Waals surface area (Å²) in [5.74, 6) is 0.718. The van der Waals surface area contributed by atoms with Crippen LogP contribution in [0.2, 0.25) is 0 Å².